The lowest BCUT2D eigenvalue weighted by Crippen LogP contribution is -2.08. The van der Waals surface area contributed by atoms with Crippen LogP contribution in [0.2, 0.25) is 0 Å². The molecule has 2 fully saturated rings. The summed E-state index contributed by atoms with van der Waals surface area (Å²) >= 11 is 0. The molecule has 0 heterocycles. The van der Waals surface area contributed by atoms with Crippen LogP contribution in [0, 0.1) is 5.92 Å². The Morgan fingerprint density at radius 2 is 1.55 bits per heavy atom. The molecule has 5 rings (SSSR count). The lowest BCUT2D eigenvalue weighted by Gasteiger charge is -2.25. The van der Waals surface area contributed by atoms with Gasteiger partial charge in [-0.1, -0.05) is 104 Å². The van der Waals surface area contributed by atoms with Crippen molar-refractivity contribution in [2.75, 3.05) is 0 Å². The molecular formula is C31H34. The molecule has 0 radical (unpaired) electrons. The maximum atomic E-state index is 4.44. The minimum atomic E-state index is 0.537. The van der Waals surface area contributed by atoms with Crippen LogP contribution in [0.15, 0.2) is 97.1 Å². The summed E-state index contributed by atoms with van der Waals surface area (Å²) in [5.74, 6) is 2.63. The lowest BCUT2D eigenvalue weighted by molar-refractivity contribution is 0.419. The zero-order chi connectivity index (χ0) is 21.2. The Kier molecular flexibility index (Phi) is 5.81. The van der Waals surface area contributed by atoms with E-state index in [9.17, 15) is 0 Å². The molecule has 0 aromatic heterocycles. The first kappa shape index (κ1) is 20.3. The average Bonchev–Trinajstić information content (AvgIpc) is 3.56. The Hall–Kier alpha value is -2.60. The van der Waals surface area contributed by atoms with E-state index < -0.39 is 0 Å². The van der Waals surface area contributed by atoms with E-state index in [0.29, 0.717) is 17.8 Å². The van der Waals surface area contributed by atoms with Gasteiger partial charge in [-0.3, -0.25) is 0 Å². The molecule has 3 unspecified atom stereocenters. The number of rotatable bonds is 8. The van der Waals surface area contributed by atoms with Crippen LogP contribution in [0.1, 0.15) is 78.5 Å². The second-order valence-corrected chi connectivity index (χ2v) is 9.90. The van der Waals surface area contributed by atoms with E-state index in [0.717, 1.165) is 25.2 Å². The molecule has 2 aromatic rings. The first-order chi connectivity index (χ1) is 15.2. The second kappa shape index (κ2) is 8.87. The molecule has 2 saturated carbocycles. The maximum Gasteiger partial charge on any atom is 0.00557 e. The molecule has 0 nitrogen and oxygen atoms in total. The van der Waals surface area contributed by atoms with Crippen LogP contribution in [-0.2, 0) is 6.42 Å². The van der Waals surface area contributed by atoms with Crippen LogP contribution in [0.3, 0.4) is 0 Å². The molecule has 3 aliphatic carbocycles. The number of benzene rings is 2. The van der Waals surface area contributed by atoms with Gasteiger partial charge in [0.05, 0.1) is 0 Å². The van der Waals surface area contributed by atoms with E-state index in [2.05, 4.69) is 86.0 Å². The van der Waals surface area contributed by atoms with Gasteiger partial charge in [0.15, 0.2) is 0 Å². The normalized spacial score (nSPS) is 24.6. The SMILES string of the molecule is C=C(CC(=C)C1CC1c1ccc(C2C=CC=CC2)cc1)Cc1ccc(C2CCC2)cc1. The van der Waals surface area contributed by atoms with Gasteiger partial charge in [0.25, 0.3) is 0 Å². The Labute approximate surface area is 188 Å². The van der Waals surface area contributed by atoms with Crippen LogP contribution < -0.4 is 0 Å². The van der Waals surface area contributed by atoms with Gasteiger partial charge >= 0.3 is 0 Å². The minimum absolute atomic E-state index is 0.537. The predicted octanol–water partition coefficient (Wildman–Crippen LogP) is 8.40. The summed E-state index contributed by atoms with van der Waals surface area (Å²) in [6.07, 6.45) is 17.3. The molecule has 31 heavy (non-hydrogen) atoms. The smallest absolute Gasteiger partial charge is 0.00557 e. The van der Waals surface area contributed by atoms with Crippen molar-refractivity contribution in [3.8, 4) is 0 Å². The Bertz CT molecular complexity index is 995. The van der Waals surface area contributed by atoms with E-state index in [-0.39, 0.29) is 0 Å². The Balaban J connectivity index is 1.11. The maximum absolute atomic E-state index is 4.44. The summed E-state index contributed by atoms with van der Waals surface area (Å²) in [6, 6.07) is 18.6. The molecule has 0 saturated heterocycles. The van der Waals surface area contributed by atoms with Crippen molar-refractivity contribution >= 4 is 0 Å². The van der Waals surface area contributed by atoms with Gasteiger partial charge in [0, 0.05) is 5.92 Å². The van der Waals surface area contributed by atoms with Crippen molar-refractivity contribution in [1.29, 1.82) is 0 Å². The molecule has 0 heteroatoms. The third-order valence-corrected chi connectivity index (χ3v) is 7.58. The van der Waals surface area contributed by atoms with E-state index >= 15 is 0 Å². The van der Waals surface area contributed by atoms with Crippen molar-refractivity contribution in [2.45, 2.75) is 62.7 Å². The van der Waals surface area contributed by atoms with Crippen LogP contribution in [0.25, 0.3) is 0 Å². The molecule has 3 atom stereocenters. The lowest BCUT2D eigenvalue weighted by atomic mass is 9.80. The number of hydrogen-bond acceptors (Lipinski definition) is 0. The zero-order valence-corrected chi connectivity index (χ0v) is 18.6. The first-order valence-corrected chi connectivity index (χ1v) is 12.0. The quantitative estimate of drug-likeness (QED) is 0.386. The summed E-state index contributed by atoms with van der Waals surface area (Å²) in [7, 11) is 0. The Morgan fingerprint density at radius 1 is 0.839 bits per heavy atom. The van der Waals surface area contributed by atoms with Gasteiger partial charge in [-0.05, 0) is 78.5 Å². The van der Waals surface area contributed by atoms with Gasteiger partial charge in [-0.2, -0.15) is 0 Å². The van der Waals surface area contributed by atoms with Crippen LogP contribution in [0.5, 0.6) is 0 Å². The van der Waals surface area contributed by atoms with Gasteiger partial charge < -0.3 is 0 Å². The summed E-state index contributed by atoms with van der Waals surface area (Å²) < 4.78 is 0. The van der Waals surface area contributed by atoms with Gasteiger partial charge in [-0.25, -0.2) is 0 Å². The fourth-order valence-electron chi connectivity index (χ4n) is 5.29. The van der Waals surface area contributed by atoms with E-state index in [4.69, 9.17) is 0 Å². The molecule has 0 amide bonds. The molecule has 158 valence electrons. The van der Waals surface area contributed by atoms with Gasteiger partial charge in [-0.15, -0.1) is 0 Å². The molecular weight excluding hydrogens is 372 g/mol. The molecule has 2 aromatic carbocycles. The minimum Gasteiger partial charge on any atom is -0.0992 e. The van der Waals surface area contributed by atoms with Crippen molar-refractivity contribution in [2.24, 2.45) is 5.92 Å². The van der Waals surface area contributed by atoms with E-state index in [1.165, 1.54) is 59.1 Å². The standard InChI is InChI=1S/C31H34/c1-22(20-24-11-13-27(14-12-24)26-9-6-10-26)19-23(2)30-21-31(30)29-17-15-28(16-18-29)25-7-4-3-5-8-25/h3-5,7,11-18,25-26,30-31H,1-2,6,8-10,19-21H2. The molecule has 0 N–H and O–H groups in total. The average molecular weight is 407 g/mol. The summed E-state index contributed by atoms with van der Waals surface area (Å²) in [6.45, 7) is 8.82. The predicted molar refractivity (Wildman–Crippen MR) is 133 cm³/mol. The van der Waals surface area contributed by atoms with Crippen LogP contribution >= 0.6 is 0 Å². The highest BCUT2D eigenvalue weighted by Crippen LogP contribution is 2.52. The summed E-state index contributed by atoms with van der Waals surface area (Å²) in [4.78, 5) is 0. The highest BCUT2D eigenvalue weighted by atomic mass is 14.4. The van der Waals surface area contributed by atoms with Crippen molar-refractivity contribution in [3.05, 3.63) is 119 Å². The van der Waals surface area contributed by atoms with Gasteiger partial charge in [0.1, 0.15) is 0 Å². The van der Waals surface area contributed by atoms with Crippen LogP contribution in [-0.4, -0.2) is 0 Å². The van der Waals surface area contributed by atoms with E-state index in [1.54, 1.807) is 0 Å². The summed E-state index contributed by atoms with van der Waals surface area (Å²) in [5.41, 5.74) is 8.47. The zero-order valence-electron chi connectivity index (χ0n) is 18.6. The van der Waals surface area contributed by atoms with Crippen molar-refractivity contribution in [1.82, 2.24) is 0 Å². The first-order valence-electron chi connectivity index (χ1n) is 12.0. The van der Waals surface area contributed by atoms with Crippen molar-refractivity contribution < 1.29 is 0 Å². The third kappa shape index (κ3) is 4.69. The number of allylic oxidation sites excluding steroid dienone is 6. The molecule has 0 bridgehead atoms. The molecule has 0 spiro atoms. The van der Waals surface area contributed by atoms with E-state index in [1.807, 2.05) is 0 Å². The monoisotopic (exact) mass is 406 g/mol. The fraction of sp³-hybridized carbons (Fsp3) is 0.355. The Morgan fingerprint density at radius 3 is 2.19 bits per heavy atom. The van der Waals surface area contributed by atoms with Gasteiger partial charge in [0.2, 0.25) is 0 Å². The second-order valence-electron chi connectivity index (χ2n) is 9.90. The largest absolute Gasteiger partial charge is 0.0992 e. The van der Waals surface area contributed by atoms with Crippen molar-refractivity contribution in [3.63, 3.8) is 0 Å². The molecule has 3 aliphatic rings. The highest BCUT2D eigenvalue weighted by Gasteiger charge is 2.39. The topological polar surface area (TPSA) is 0 Å². The fourth-order valence-corrected chi connectivity index (χ4v) is 5.29. The molecule has 0 aliphatic heterocycles. The van der Waals surface area contributed by atoms with Crippen LogP contribution in [0.4, 0.5) is 0 Å². The number of hydrogen-bond donors (Lipinski definition) is 0. The highest BCUT2D eigenvalue weighted by molar-refractivity contribution is 5.37. The summed E-state index contributed by atoms with van der Waals surface area (Å²) in [5, 5.41) is 0. The third-order valence-electron chi connectivity index (χ3n) is 7.58.